The van der Waals surface area contributed by atoms with Crippen LogP contribution in [0.4, 0.5) is 0 Å². The van der Waals surface area contributed by atoms with Crippen molar-refractivity contribution in [3.8, 4) is 0 Å². The number of esters is 3. The Labute approximate surface area is 486 Å². The Morgan fingerprint density at radius 2 is 0.500 bits per heavy atom. The lowest BCUT2D eigenvalue weighted by Gasteiger charge is -2.18. The van der Waals surface area contributed by atoms with Crippen molar-refractivity contribution in [1.29, 1.82) is 0 Å². The Bertz CT molecular complexity index is 1350. The van der Waals surface area contributed by atoms with Crippen molar-refractivity contribution < 1.29 is 28.6 Å². The van der Waals surface area contributed by atoms with E-state index in [2.05, 4.69) is 69.4 Å². The highest BCUT2D eigenvalue weighted by molar-refractivity contribution is 5.71. The second kappa shape index (κ2) is 66.9. The Morgan fingerprint density at radius 1 is 0.269 bits per heavy atom. The van der Waals surface area contributed by atoms with E-state index in [0.29, 0.717) is 19.3 Å². The maximum atomic E-state index is 12.9. The van der Waals surface area contributed by atoms with Gasteiger partial charge < -0.3 is 14.2 Å². The molecule has 0 fully saturated rings. The van der Waals surface area contributed by atoms with Gasteiger partial charge >= 0.3 is 17.9 Å². The molecule has 0 aliphatic heterocycles. The quantitative estimate of drug-likeness (QED) is 0.0261. The van der Waals surface area contributed by atoms with Gasteiger partial charge in [0.15, 0.2) is 6.10 Å². The Morgan fingerprint density at radius 3 is 0.808 bits per heavy atom. The molecule has 0 spiro atoms. The zero-order valence-corrected chi connectivity index (χ0v) is 52.5. The third kappa shape index (κ3) is 64.2. The lowest BCUT2D eigenvalue weighted by Crippen LogP contribution is -2.30. The van der Waals surface area contributed by atoms with Crippen LogP contribution >= 0.6 is 0 Å². The minimum atomic E-state index is -0.783. The fourth-order valence-corrected chi connectivity index (χ4v) is 10.4. The molecule has 0 amide bonds. The number of ether oxygens (including phenoxy) is 3. The van der Waals surface area contributed by atoms with E-state index in [1.807, 2.05) is 0 Å². The zero-order valence-electron chi connectivity index (χ0n) is 52.5. The van der Waals surface area contributed by atoms with Crippen molar-refractivity contribution >= 4 is 17.9 Å². The molecule has 0 bridgehead atoms. The number of hydrogen-bond donors (Lipinski definition) is 0. The van der Waals surface area contributed by atoms with E-state index in [1.54, 1.807) is 0 Å². The minimum Gasteiger partial charge on any atom is -0.462 e. The van der Waals surface area contributed by atoms with E-state index in [0.717, 1.165) is 83.5 Å². The highest BCUT2D eigenvalue weighted by Gasteiger charge is 2.19. The normalized spacial score (nSPS) is 12.3. The number of carbonyl (C=O) groups excluding carboxylic acids is 3. The monoisotopic (exact) mass is 1090 g/mol. The summed E-state index contributed by atoms with van der Waals surface area (Å²) >= 11 is 0. The van der Waals surface area contributed by atoms with Gasteiger partial charge in [-0.2, -0.15) is 0 Å². The van der Waals surface area contributed by atoms with E-state index >= 15 is 0 Å². The third-order valence-corrected chi connectivity index (χ3v) is 15.6. The average Bonchev–Trinajstić information content (AvgIpc) is 3.44. The van der Waals surface area contributed by atoms with Gasteiger partial charge in [0.05, 0.1) is 0 Å². The first kappa shape index (κ1) is 75.4. The SMILES string of the molecule is CC/C=C\C/C=C\C/C=C\CCCCCC(=O)OCC(COC(=O)CCCCCCCCCCCCCCCCCCC/C=C\CCCCCCCCCC)OC(=O)CCCCCCCCCCCCCCCCCCCC. The van der Waals surface area contributed by atoms with Crippen LogP contribution in [-0.4, -0.2) is 37.2 Å². The molecule has 0 aliphatic rings. The molecule has 0 saturated heterocycles. The van der Waals surface area contributed by atoms with Crippen LogP contribution in [0.5, 0.6) is 0 Å². The fraction of sp³-hybridized carbons (Fsp3) is 0.847. The van der Waals surface area contributed by atoms with E-state index in [1.165, 1.54) is 250 Å². The summed E-state index contributed by atoms with van der Waals surface area (Å²) in [7, 11) is 0. The topological polar surface area (TPSA) is 78.9 Å². The number of carbonyl (C=O) groups is 3. The summed E-state index contributed by atoms with van der Waals surface area (Å²) in [6.45, 7) is 6.56. The molecule has 0 aromatic rings. The summed E-state index contributed by atoms with van der Waals surface area (Å²) in [4.78, 5) is 38.3. The molecule has 1 unspecified atom stereocenters. The highest BCUT2D eigenvalue weighted by Crippen LogP contribution is 2.18. The molecule has 6 nitrogen and oxygen atoms in total. The molecule has 0 aromatic heterocycles. The van der Waals surface area contributed by atoms with Crippen LogP contribution in [0.1, 0.15) is 374 Å². The predicted molar refractivity (Wildman–Crippen MR) is 339 cm³/mol. The number of rotatable bonds is 64. The molecule has 6 heteroatoms. The Kier molecular flexibility index (Phi) is 64.6. The summed E-state index contributed by atoms with van der Waals surface area (Å²) in [5, 5.41) is 0. The van der Waals surface area contributed by atoms with Crippen LogP contribution in [-0.2, 0) is 28.6 Å². The second-order valence-corrected chi connectivity index (χ2v) is 23.4. The van der Waals surface area contributed by atoms with E-state index in [9.17, 15) is 14.4 Å². The van der Waals surface area contributed by atoms with Gasteiger partial charge in [-0.05, 0) is 77.0 Å². The van der Waals surface area contributed by atoms with Crippen molar-refractivity contribution in [3.05, 3.63) is 48.6 Å². The highest BCUT2D eigenvalue weighted by atomic mass is 16.6. The second-order valence-electron chi connectivity index (χ2n) is 23.4. The lowest BCUT2D eigenvalue weighted by molar-refractivity contribution is -0.167. The zero-order chi connectivity index (χ0) is 56.4. The van der Waals surface area contributed by atoms with Crippen molar-refractivity contribution in [2.75, 3.05) is 13.2 Å². The largest absolute Gasteiger partial charge is 0.462 e. The molecule has 1 atom stereocenters. The van der Waals surface area contributed by atoms with E-state index in [-0.39, 0.29) is 31.1 Å². The van der Waals surface area contributed by atoms with Gasteiger partial charge in [0.2, 0.25) is 0 Å². The Hall–Kier alpha value is -2.63. The van der Waals surface area contributed by atoms with Crippen LogP contribution in [0.25, 0.3) is 0 Å². The lowest BCUT2D eigenvalue weighted by atomic mass is 10.0. The minimum absolute atomic E-state index is 0.0777. The molecular weight excluding hydrogens is 961 g/mol. The summed E-state index contributed by atoms with van der Waals surface area (Å²) in [5.74, 6) is -0.883. The smallest absolute Gasteiger partial charge is 0.306 e. The number of unbranched alkanes of at least 4 members (excludes halogenated alkanes) is 45. The molecule has 0 saturated carbocycles. The van der Waals surface area contributed by atoms with Crippen molar-refractivity contribution in [3.63, 3.8) is 0 Å². The number of allylic oxidation sites excluding steroid dienone is 8. The van der Waals surface area contributed by atoms with Gasteiger partial charge in [0.25, 0.3) is 0 Å². The molecule has 0 radical (unpaired) electrons. The molecule has 456 valence electrons. The van der Waals surface area contributed by atoms with Crippen LogP contribution in [0.15, 0.2) is 48.6 Å². The van der Waals surface area contributed by atoms with Crippen molar-refractivity contribution in [2.45, 2.75) is 380 Å². The molecule has 0 rings (SSSR count). The summed E-state index contributed by atoms with van der Waals surface area (Å²) in [6, 6.07) is 0. The summed E-state index contributed by atoms with van der Waals surface area (Å²) < 4.78 is 16.9. The van der Waals surface area contributed by atoms with Crippen LogP contribution < -0.4 is 0 Å². The van der Waals surface area contributed by atoms with Gasteiger partial charge in [-0.25, -0.2) is 0 Å². The summed E-state index contributed by atoms with van der Waals surface area (Å²) in [6.07, 6.45) is 84.4. The molecule has 0 heterocycles. The first-order valence-corrected chi connectivity index (χ1v) is 34.6. The Balaban J connectivity index is 4.19. The summed E-state index contributed by atoms with van der Waals surface area (Å²) in [5.41, 5.74) is 0. The third-order valence-electron chi connectivity index (χ3n) is 15.6. The molecule has 78 heavy (non-hydrogen) atoms. The van der Waals surface area contributed by atoms with Crippen molar-refractivity contribution in [2.24, 2.45) is 0 Å². The van der Waals surface area contributed by atoms with Gasteiger partial charge in [-0.3, -0.25) is 14.4 Å². The van der Waals surface area contributed by atoms with E-state index in [4.69, 9.17) is 14.2 Å². The van der Waals surface area contributed by atoms with Gasteiger partial charge in [-0.1, -0.05) is 326 Å². The predicted octanol–water partition coefficient (Wildman–Crippen LogP) is 23.7. The standard InChI is InChI=1S/C72H132O6/c1-4-7-10-13-16-19-22-25-27-29-31-32-33-34-35-36-37-38-39-40-41-43-44-47-50-53-56-59-62-65-71(74)77-68-69(67-76-70(73)64-61-58-55-52-49-46-24-21-18-15-12-9-6-3)78-72(75)66-63-60-57-54-51-48-45-42-30-28-26-23-20-17-14-11-8-5-2/h9,12,18,21,29,31,46,49,69H,4-8,10-11,13-17,19-20,22-28,30,32-45,47-48,50-68H2,1-3H3/b12-9-,21-18-,31-29-,49-46-. The van der Waals surface area contributed by atoms with Gasteiger partial charge in [0.1, 0.15) is 13.2 Å². The molecule has 0 aliphatic carbocycles. The van der Waals surface area contributed by atoms with E-state index < -0.39 is 6.10 Å². The maximum absolute atomic E-state index is 12.9. The average molecular weight is 1090 g/mol. The first-order chi connectivity index (χ1) is 38.5. The molecule has 0 aromatic carbocycles. The number of hydrogen-bond acceptors (Lipinski definition) is 6. The molecular formula is C72H132O6. The fourth-order valence-electron chi connectivity index (χ4n) is 10.4. The van der Waals surface area contributed by atoms with Gasteiger partial charge in [-0.15, -0.1) is 0 Å². The van der Waals surface area contributed by atoms with Crippen LogP contribution in [0.3, 0.4) is 0 Å². The first-order valence-electron chi connectivity index (χ1n) is 34.6. The van der Waals surface area contributed by atoms with Crippen molar-refractivity contribution in [1.82, 2.24) is 0 Å². The van der Waals surface area contributed by atoms with Crippen LogP contribution in [0, 0.1) is 0 Å². The maximum Gasteiger partial charge on any atom is 0.306 e. The van der Waals surface area contributed by atoms with Crippen LogP contribution in [0.2, 0.25) is 0 Å². The van der Waals surface area contributed by atoms with Gasteiger partial charge in [0, 0.05) is 19.3 Å². The molecule has 0 N–H and O–H groups in total.